The molecule has 1 rings (SSSR count). The second-order valence-corrected chi connectivity index (χ2v) is 7.62. The zero-order valence-corrected chi connectivity index (χ0v) is 18.7. The van der Waals surface area contributed by atoms with Crippen molar-refractivity contribution in [2.75, 3.05) is 46.1 Å². The van der Waals surface area contributed by atoms with Crippen molar-refractivity contribution in [3.05, 3.63) is 35.3 Å². The first kappa shape index (κ1) is 26.1. The van der Waals surface area contributed by atoms with Crippen LogP contribution in [-0.4, -0.2) is 68.1 Å². The van der Waals surface area contributed by atoms with Gasteiger partial charge in [-0.05, 0) is 43.8 Å². The van der Waals surface area contributed by atoms with E-state index in [-0.39, 0.29) is 0 Å². The topological polar surface area (TPSA) is 62.2 Å². The van der Waals surface area contributed by atoms with Gasteiger partial charge in [-0.3, -0.25) is 4.90 Å². The minimum Gasteiger partial charge on any atom is -0.423 e. The number of hydrogen-bond donors (Lipinski definition) is 2. The molecule has 0 bridgehead atoms. The van der Waals surface area contributed by atoms with Gasteiger partial charge in [-0.1, -0.05) is 63.3 Å². The van der Waals surface area contributed by atoms with Crippen molar-refractivity contribution in [2.24, 2.45) is 0 Å². The minimum atomic E-state index is -1.39. The lowest BCUT2D eigenvalue weighted by molar-refractivity contribution is 0.0491. The Morgan fingerprint density at radius 1 is 0.897 bits per heavy atom. The van der Waals surface area contributed by atoms with Gasteiger partial charge in [0.2, 0.25) is 0 Å². The highest BCUT2D eigenvalue weighted by molar-refractivity contribution is 6.51. The van der Waals surface area contributed by atoms with E-state index in [0.29, 0.717) is 25.1 Å². The molecule has 0 spiro atoms. The van der Waals surface area contributed by atoms with Crippen molar-refractivity contribution < 1.29 is 19.5 Å². The predicted molar refractivity (Wildman–Crippen MR) is 122 cm³/mol. The lowest BCUT2D eigenvalue weighted by Gasteiger charge is -2.24. The number of allylic oxidation sites excluding steroid dienone is 4. The van der Waals surface area contributed by atoms with Gasteiger partial charge in [-0.2, -0.15) is 0 Å². The first-order valence-corrected chi connectivity index (χ1v) is 11.5. The molecule has 0 aliphatic heterocycles. The first-order chi connectivity index (χ1) is 14.2. The molecule has 29 heavy (non-hydrogen) atoms. The quantitative estimate of drug-likeness (QED) is 0.266. The smallest absolute Gasteiger partial charge is 0.423 e. The third-order valence-corrected chi connectivity index (χ3v) is 5.17. The maximum Gasteiger partial charge on any atom is 0.484 e. The molecule has 0 aromatic rings. The van der Waals surface area contributed by atoms with Gasteiger partial charge in [-0.25, -0.2) is 0 Å². The number of nitrogens with zero attached hydrogens (tertiary/aromatic N) is 1. The van der Waals surface area contributed by atoms with Crippen molar-refractivity contribution in [3.8, 4) is 0 Å². The third kappa shape index (κ3) is 13.1. The Bertz CT molecular complexity index is 491. The minimum absolute atomic E-state index is 0.589. The second-order valence-electron chi connectivity index (χ2n) is 7.62. The SMILES string of the molecule is CCCCCCCCN(CCCOCCOCC)CC1=C(B(O)O)CC=CC=C1. The number of hydrogen-bond acceptors (Lipinski definition) is 5. The summed E-state index contributed by atoms with van der Waals surface area (Å²) in [4.78, 5) is 2.43. The first-order valence-electron chi connectivity index (χ1n) is 11.5. The summed E-state index contributed by atoms with van der Waals surface area (Å²) in [5, 5.41) is 19.6. The van der Waals surface area contributed by atoms with E-state index in [1.807, 2.05) is 31.2 Å². The maximum absolute atomic E-state index is 9.78. The van der Waals surface area contributed by atoms with Crippen LogP contribution in [0.1, 0.15) is 65.2 Å². The molecule has 0 radical (unpaired) electrons. The van der Waals surface area contributed by atoms with Crippen LogP contribution in [-0.2, 0) is 9.47 Å². The van der Waals surface area contributed by atoms with Crippen LogP contribution in [0.15, 0.2) is 35.3 Å². The Balaban J connectivity index is 2.52. The van der Waals surface area contributed by atoms with Crippen LogP contribution >= 0.6 is 0 Å². The summed E-state index contributed by atoms with van der Waals surface area (Å²) in [6.45, 7) is 9.72. The van der Waals surface area contributed by atoms with Gasteiger partial charge in [0, 0.05) is 26.3 Å². The molecule has 5 nitrogen and oxygen atoms in total. The van der Waals surface area contributed by atoms with Gasteiger partial charge in [0.25, 0.3) is 0 Å². The monoisotopic (exact) mass is 407 g/mol. The summed E-state index contributed by atoms with van der Waals surface area (Å²) in [6.07, 6.45) is 17.2. The van der Waals surface area contributed by atoms with E-state index in [1.54, 1.807) is 0 Å². The van der Waals surface area contributed by atoms with Gasteiger partial charge in [-0.15, -0.1) is 0 Å². The van der Waals surface area contributed by atoms with Gasteiger partial charge >= 0.3 is 7.12 Å². The summed E-state index contributed by atoms with van der Waals surface area (Å²) in [5.41, 5.74) is 1.73. The Morgan fingerprint density at radius 2 is 1.62 bits per heavy atom. The van der Waals surface area contributed by atoms with E-state index in [9.17, 15) is 10.0 Å². The van der Waals surface area contributed by atoms with Crippen molar-refractivity contribution in [3.63, 3.8) is 0 Å². The third-order valence-electron chi connectivity index (χ3n) is 5.17. The lowest BCUT2D eigenvalue weighted by Crippen LogP contribution is -2.30. The van der Waals surface area contributed by atoms with Crippen molar-refractivity contribution >= 4 is 7.12 Å². The van der Waals surface area contributed by atoms with E-state index in [1.165, 1.54) is 38.5 Å². The Labute approximate surface area is 178 Å². The van der Waals surface area contributed by atoms with Crippen LogP contribution in [0.4, 0.5) is 0 Å². The maximum atomic E-state index is 9.78. The van der Waals surface area contributed by atoms with Crippen LogP contribution in [0.3, 0.4) is 0 Å². The molecule has 0 amide bonds. The van der Waals surface area contributed by atoms with Crippen LogP contribution in [0.25, 0.3) is 0 Å². The summed E-state index contributed by atoms with van der Waals surface area (Å²) < 4.78 is 11.0. The van der Waals surface area contributed by atoms with Crippen LogP contribution < -0.4 is 0 Å². The fraction of sp³-hybridized carbons (Fsp3) is 0.739. The fourth-order valence-corrected chi connectivity index (χ4v) is 3.49. The highest BCUT2D eigenvalue weighted by Crippen LogP contribution is 2.18. The molecule has 2 N–H and O–H groups in total. The molecule has 6 heteroatoms. The zero-order chi connectivity index (χ0) is 21.2. The van der Waals surface area contributed by atoms with Crippen LogP contribution in [0.2, 0.25) is 0 Å². The second kappa shape index (κ2) is 17.9. The Hall–Kier alpha value is -0.915. The van der Waals surface area contributed by atoms with E-state index < -0.39 is 7.12 Å². The highest BCUT2D eigenvalue weighted by atomic mass is 16.5. The van der Waals surface area contributed by atoms with E-state index >= 15 is 0 Å². The summed E-state index contributed by atoms with van der Waals surface area (Å²) in [5.74, 6) is 0. The summed E-state index contributed by atoms with van der Waals surface area (Å²) in [6, 6.07) is 0. The predicted octanol–water partition coefficient (Wildman–Crippen LogP) is 3.92. The molecule has 0 heterocycles. The van der Waals surface area contributed by atoms with Gasteiger partial charge in [0.1, 0.15) is 0 Å². The molecule has 0 saturated heterocycles. The Kier molecular flexibility index (Phi) is 16.1. The molecule has 1 aliphatic carbocycles. The standard InChI is InChI=1S/C23H42BNO4/c1-3-5-6-7-8-12-16-25(17-13-18-29-20-19-28-4-2)21-22-14-10-9-11-15-23(22)24(26)27/h9-11,14,26-27H,3-8,12-13,15-21H2,1-2H3. The van der Waals surface area contributed by atoms with Crippen molar-refractivity contribution in [2.45, 2.75) is 65.2 Å². The zero-order valence-electron chi connectivity index (χ0n) is 18.7. The van der Waals surface area contributed by atoms with Gasteiger partial charge in [0.05, 0.1) is 13.2 Å². The average Bonchev–Trinajstić information content (AvgIpc) is 2.95. The van der Waals surface area contributed by atoms with Crippen molar-refractivity contribution in [1.82, 2.24) is 4.90 Å². The molecule has 0 aromatic carbocycles. The molecule has 0 saturated carbocycles. The number of unbranched alkanes of at least 4 members (excludes halogenated alkanes) is 5. The van der Waals surface area contributed by atoms with Crippen molar-refractivity contribution in [1.29, 1.82) is 0 Å². The molecule has 0 fully saturated rings. The van der Waals surface area contributed by atoms with Gasteiger partial charge < -0.3 is 19.5 Å². The number of rotatable bonds is 18. The van der Waals surface area contributed by atoms with E-state index in [0.717, 1.165) is 44.8 Å². The van der Waals surface area contributed by atoms with E-state index in [2.05, 4.69) is 11.8 Å². The average molecular weight is 407 g/mol. The Morgan fingerprint density at radius 3 is 2.38 bits per heavy atom. The van der Waals surface area contributed by atoms with Gasteiger partial charge in [0.15, 0.2) is 0 Å². The number of ether oxygens (including phenoxy) is 2. The summed E-state index contributed by atoms with van der Waals surface area (Å²) in [7, 11) is -1.39. The molecule has 0 atom stereocenters. The highest BCUT2D eigenvalue weighted by Gasteiger charge is 2.19. The molecule has 0 unspecified atom stereocenters. The van der Waals surface area contributed by atoms with Crippen LogP contribution in [0.5, 0.6) is 0 Å². The van der Waals surface area contributed by atoms with Crippen LogP contribution in [0, 0.1) is 0 Å². The molecule has 166 valence electrons. The molecule has 0 aromatic heterocycles. The fourth-order valence-electron chi connectivity index (χ4n) is 3.49. The van der Waals surface area contributed by atoms with E-state index in [4.69, 9.17) is 9.47 Å². The summed E-state index contributed by atoms with van der Waals surface area (Å²) >= 11 is 0. The normalized spacial score (nSPS) is 14.1. The largest absolute Gasteiger partial charge is 0.484 e. The lowest BCUT2D eigenvalue weighted by atomic mass is 9.74. The molecular weight excluding hydrogens is 365 g/mol. The molecular formula is C23H42BNO4. The molecule has 1 aliphatic rings.